The predicted octanol–water partition coefficient (Wildman–Crippen LogP) is 2.95. The molecule has 1 unspecified atom stereocenters. The standard InChI is InChI=1S/C15H22N2/c1-3-4-7-10-17-12-13(2)16-11-14-8-5-6-9-15(14)17/h3,5-6,8-9,13,16H,1,4,7,10-12H2,2H3. The van der Waals surface area contributed by atoms with E-state index in [1.165, 1.54) is 17.7 Å². The first kappa shape index (κ1) is 12.2. The first-order valence-electron chi connectivity index (χ1n) is 6.48. The Kier molecular flexibility index (Phi) is 4.21. The van der Waals surface area contributed by atoms with Gasteiger partial charge < -0.3 is 10.2 Å². The molecule has 0 bridgehead atoms. The number of para-hydroxylation sites is 1. The van der Waals surface area contributed by atoms with Gasteiger partial charge in [0, 0.05) is 31.4 Å². The molecule has 1 atom stereocenters. The Balaban J connectivity index is 2.14. The molecule has 0 saturated carbocycles. The fourth-order valence-electron chi connectivity index (χ4n) is 2.38. The van der Waals surface area contributed by atoms with Crippen molar-refractivity contribution in [1.82, 2.24) is 5.32 Å². The highest BCUT2D eigenvalue weighted by atomic mass is 15.2. The number of nitrogens with zero attached hydrogens (tertiary/aromatic N) is 1. The summed E-state index contributed by atoms with van der Waals surface area (Å²) in [7, 11) is 0. The molecular formula is C15H22N2. The van der Waals surface area contributed by atoms with Crippen molar-refractivity contribution < 1.29 is 0 Å². The van der Waals surface area contributed by atoms with Crippen LogP contribution in [0.25, 0.3) is 0 Å². The maximum atomic E-state index is 3.79. The zero-order valence-electron chi connectivity index (χ0n) is 10.7. The topological polar surface area (TPSA) is 15.3 Å². The third-order valence-corrected chi connectivity index (χ3v) is 3.30. The number of anilines is 1. The molecule has 92 valence electrons. The lowest BCUT2D eigenvalue weighted by molar-refractivity contribution is 0.550. The Morgan fingerprint density at radius 1 is 1.47 bits per heavy atom. The predicted molar refractivity (Wildman–Crippen MR) is 74.4 cm³/mol. The largest absolute Gasteiger partial charge is 0.370 e. The number of unbranched alkanes of at least 4 members (excludes halogenated alkanes) is 1. The van der Waals surface area contributed by atoms with Gasteiger partial charge in [0.05, 0.1) is 0 Å². The van der Waals surface area contributed by atoms with E-state index in [4.69, 9.17) is 0 Å². The zero-order chi connectivity index (χ0) is 12.1. The fourth-order valence-corrected chi connectivity index (χ4v) is 2.38. The fraction of sp³-hybridized carbons (Fsp3) is 0.467. The third kappa shape index (κ3) is 3.10. The molecule has 0 radical (unpaired) electrons. The van der Waals surface area contributed by atoms with E-state index in [9.17, 15) is 0 Å². The van der Waals surface area contributed by atoms with Crippen molar-refractivity contribution in [1.29, 1.82) is 0 Å². The Morgan fingerprint density at radius 2 is 2.29 bits per heavy atom. The normalized spacial score (nSPS) is 19.6. The number of rotatable bonds is 4. The highest BCUT2D eigenvalue weighted by molar-refractivity contribution is 5.54. The monoisotopic (exact) mass is 230 g/mol. The van der Waals surface area contributed by atoms with Crippen molar-refractivity contribution in [2.75, 3.05) is 18.0 Å². The Morgan fingerprint density at radius 3 is 3.12 bits per heavy atom. The van der Waals surface area contributed by atoms with Crippen LogP contribution in [-0.4, -0.2) is 19.1 Å². The van der Waals surface area contributed by atoms with Crippen LogP contribution in [0.15, 0.2) is 36.9 Å². The van der Waals surface area contributed by atoms with Gasteiger partial charge in [0.1, 0.15) is 0 Å². The molecule has 0 saturated heterocycles. The zero-order valence-corrected chi connectivity index (χ0v) is 10.7. The highest BCUT2D eigenvalue weighted by Gasteiger charge is 2.17. The summed E-state index contributed by atoms with van der Waals surface area (Å²) in [4.78, 5) is 2.50. The first-order valence-corrected chi connectivity index (χ1v) is 6.48. The van der Waals surface area contributed by atoms with Gasteiger partial charge in [0.15, 0.2) is 0 Å². The Bertz CT molecular complexity index is 373. The summed E-state index contributed by atoms with van der Waals surface area (Å²) in [6.45, 7) is 9.24. The summed E-state index contributed by atoms with van der Waals surface area (Å²) in [6.07, 6.45) is 4.29. The number of fused-ring (bicyclic) bond motifs is 1. The van der Waals surface area contributed by atoms with E-state index in [0.29, 0.717) is 6.04 Å². The lowest BCUT2D eigenvalue weighted by Crippen LogP contribution is -2.36. The highest BCUT2D eigenvalue weighted by Crippen LogP contribution is 2.23. The van der Waals surface area contributed by atoms with E-state index in [2.05, 4.69) is 48.0 Å². The summed E-state index contributed by atoms with van der Waals surface area (Å²) in [5.41, 5.74) is 2.81. The second-order valence-corrected chi connectivity index (χ2v) is 4.79. The average molecular weight is 230 g/mol. The van der Waals surface area contributed by atoms with Gasteiger partial charge in [-0.1, -0.05) is 24.3 Å². The number of allylic oxidation sites excluding steroid dienone is 1. The van der Waals surface area contributed by atoms with Crippen molar-refractivity contribution >= 4 is 5.69 Å². The molecule has 1 aromatic rings. The lowest BCUT2D eigenvalue weighted by Gasteiger charge is -2.26. The summed E-state index contributed by atoms with van der Waals surface area (Å²) in [6, 6.07) is 9.27. The van der Waals surface area contributed by atoms with Crippen LogP contribution in [0.1, 0.15) is 25.3 Å². The van der Waals surface area contributed by atoms with Gasteiger partial charge in [-0.2, -0.15) is 0 Å². The minimum absolute atomic E-state index is 0.547. The molecule has 1 heterocycles. The molecule has 0 aliphatic carbocycles. The van der Waals surface area contributed by atoms with E-state index in [1.54, 1.807) is 0 Å². The number of nitrogens with one attached hydrogen (secondary N) is 1. The van der Waals surface area contributed by atoms with Gasteiger partial charge in [0.2, 0.25) is 0 Å². The summed E-state index contributed by atoms with van der Waals surface area (Å²) in [5, 5.41) is 3.56. The summed E-state index contributed by atoms with van der Waals surface area (Å²) in [5.74, 6) is 0. The molecule has 0 amide bonds. The minimum Gasteiger partial charge on any atom is -0.370 e. The smallest absolute Gasteiger partial charge is 0.0412 e. The van der Waals surface area contributed by atoms with Crippen LogP contribution in [-0.2, 0) is 6.54 Å². The maximum Gasteiger partial charge on any atom is 0.0412 e. The van der Waals surface area contributed by atoms with Gasteiger partial charge in [-0.3, -0.25) is 0 Å². The van der Waals surface area contributed by atoms with E-state index in [-0.39, 0.29) is 0 Å². The van der Waals surface area contributed by atoms with Crippen LogP contribution < -0.4 is 10.2 Å². The van der Waals surface area contributed by atoms with E-state index < -0.39 is 0 Å². The van der Waals surface area contributed by atoms with E-state index in [0.717, 1.165) is 26.1 Å². The van der Waals surface area contributed by atoms with Crippen LogP contribution in [0, 0.1) is 0 Å². The molecule has 1 aliphatic rings. The lowest BCUT2D eigenvalue weighted by atomic mass is 10.1. The van der Waals surface area contributed by atoms with Crippen molar-refractivity contribution in [2.45, 2.75) is 32.4 Å². The molecule has 2 rings (SSSR count). The van der Waals surface area contributed by atoms with Gasteiger partial charge in [-0.15, -0.1) is 6.58 Å². The van der Waals surface area contributed by atoms with Crippen LogP contribution >= 0.6 is 0 Å². The first-order chi connectivity index (χ1) is 8.31. The Labute approximate surface area is 104 Å². The van der Waals surface area contributed by atoms with Gasteiger partial charge in [0.25, 0.3) is 0 Å². The number of hydrogen-bond donors (Lipinski definition) is 1. The van der Waals surface area contributed by atoms with E-state index >= 15 is 0 Å². The van der Waals surface area contributed by atoms with Crippen LogP contribution in [0.3, 0.4) is 0 Å². The molecule has 0 fully saturated rings. The Hall–Kier alpha value is -1.28. The second kappa shape index (κ2) is 5.87. The average Bonchev–Trinajstić information content (AvgIpc) is 2.50. The molecule has 1 N–H and O–H groups in total. The van der Waals surface area contributed by atoms with E-state index in [1.807, 2.05) is 6.08 Å². The molecule has 17 heavy (non-hydrogen) atoms. The maximum absolute atomic E-state index is 3.79. The molecule has 2 nitrogen and oxygen atoms in total. The number of benzene rings is 1. The van der Waals surface area contributed by atoms with Crippen molar-refractivity contribution in [3.05, 3.63) is 42.5 Å². The second-order valence-electron chi connectivity index (χ2n) is 4.79. The third-order valence-electron chi connectivity index (χ3n) is 3.30. The van der Waals surface area contributed by atoms with Crippen molar-refractivity contribution in [2.24, 2.45) is 0 Å². The quantitative estimate of drug-likeness (QED) is 0.632. The minimum atomic E-state index is 0.547. The van der Waals surface area contributed by atoms with Gasteiger partial charge >= 0.3 is 0 Å². The number of hydrogen-bond acceptors (Lipinski definition) is 2. The van der Waals surface area contributed by atoms with Gasteiger partial charge in [-0.05, 0) is 31.4 Å². The van der Waals surface area contributed by atoms with Crippen molar-refractivity contribution in [3.8, 4) is 0 Å². The summed E-state index contributed by atoms with van der Waals surface area (Å²) < 4.78 is 0. The summed E-state index contributed by atoms with van der Waals surface area (Å²) >= 11 is 0. The molecular weight excluding hydrogens is 208 g/mol. The van der Waals surface area contributed by atoms with Crippen LogP contribution in [0.5, 0.6) is 0 Å². The SMILES string of the molecule is C=CCCCN1CC(C)NCc2ccccc21. The van der Waals surface area contributed by atoms with Gasteiger partial charge in [-0.25, -0.2) is 0 Å². The molecule has 0 aromatic heterocycles. The van der Waals surface area contributed by atoms with Crippen LogP contribution in [0.4, 0.5) is 5.69 Å². The van der Waals surface area contributed by atoms with Crippen LogP contribution in [0.2, 0.25) is 0 Å². The van der Waals surface area contributed by atoms with Crippen molar-refractivity contribution in [3.63, 3.8) is 0 Å². The molecule has 1 aromatic carbocycles. The molecule has 0 spiro atoms. The molecule has 2 heteroatoms. The molecule has 1 aliphatic heterocycles.